The maximum absolute atomic E-state index is 10.4. The van der Waals surface area contributed by atoms with Crippen LogP contribution < -0.4 is 0 Å². The predicted octanol–water partition coefficient (Wildman–Crippen LogP) is 11.2. The normalized spacial score (nSPS) is 30.6. The smallest absolute Gasteiger partial charge is 0.192 e. The lowest BCUT2D eigenvalue weighted by Gasteiger charge is -2.45. The number of hydrogen-bond acceptors (Lipinski definition) is 4. The van der Waals surface area contributed by atoms with E-state index in [0.717, 1.165) is 25.0 Å². The summed E-state index contributed by atoms with van der Waals surface area (Å²) in [5, 5.41) is 11.2. The minimum absolute atomic E-state index is 0.0134. The number of thioether (sulfide) groups is 1. The van der Waals surface area contributed by atoms with Crippen molar-refractivity contribution in [2.24, 2.45) is 17.3 Å². The molecule has 3 aliphatic rings. The van der Waals surface area contributed by atoms with Crippen LogP contribution in [0, 0.1) is 17.3 Å². The van der Waals surface area contributed by atoms with Crippen molar-refractivity contribution in [3.63, 3.8) is 0 Å². The van der Waals surface area contributed by atoms with Gasteiger partial charge in [-0.1, -0.05) is 98.3 Å². The molecule has 3 nitrogen and oxygen atoms in total. The van der Waals surface area contributed by atoms with Gasteiger partial charge in [-0.3, -0.25) is 0 Å². The Morgan fingerprint density at radius 3 is 2.18 bits per heavy atom. The zero-order valence-corrected chi connectivity index (χ0v) is 33.8. The Balaban J connectivity index is 1.87. The maximum atomic E-state index is 10.4. The number of rotatable bonds is 10. The Hall–Kier alpha value is -0.376. The quantitative estimate of drug-likeness (QED) is 0.187. The van der Waals surface area contributed by atoms with Gasteiger partial charge in [0.25, 0.3) is 0 Å². The zero-order valence-electron chi connectivity index (χ0n) is 31.0. The largest absolute Gasteiger partial charge is 0.413 e. The lowest BCUT2D eigenvalue weighted by atomic mass is 9.64. The highest BCUT2D eigenvalue weighted by Gasteiger charge is 2.47. The molecule has 0 amide bonds. The van der Waals surface area contributed by atoms with Crippen LogP contribution in [-0.4, -0.2) is 51.1 Å². The zero-order chi connectivity index (χ0) is 33.5. The van der Waals surface area contributed by atoms with Crippen LogP contribution in [0.4, 0.5) is 0 Å². The van der Waals surface area contributed by atoms with E-state index < -0.39 is 16.6 Å². The fourth-order valence-electron chi connectivity index (χ4n) is 6.77. The first kappa shape index (κ1) is 38.1. The molecule has 2 fully saturated rings. The SMILES string of the molecule is C=C1C(=CC=C2CCC[C@]3(C)C([C@H](C)SC[C@H](O)C(C)C)=CC[C@@H]23)C[C@@H](O[Si](C)(C)C(C)(C)C)C[C@@H]1O[Si](C)(C)C(C)(C)C. The van der Waals surface area contributed by atoms with Gasteiger partial charge in [-0.05, 0) is 104 Å². The molecule has 6 atom stereocenters. The summed E-state index contributed by atoms with van der Waals surface area (Å²) in [7, 11) is -3.91. The molecule has 252 valence electrons. The predicted molar refractivity (Wildman–Crippen MR) is 200 cm³/mol. The van der Waals surface area contributed by atoms with Crippen molar-refractivity contribution < 1.29 is 14.0 Å². The highest BCUT2D eigenvalue weighted by Crippen LogP contribution is 2.57. The number of allylic oxidation sites excluding steroid dienone is 4. The van der Waals surface area contributed by atoms with Gasteiger partial charge in [-0.2, -0.15) is 11.8 Å². The van der Waals surface area contributed by atoms with E-state index >= 15 is 0 Å². The lowest BCUT2D eigenvalue weighted by Crippen LogP contribution is -2.49. The van der Waals surface area contributed by atoms with Crippen LogP contribution in [0.3, 0.4) is 0 Å². The highest BCUT2D eigenvalue weighted by atomic mass is 32.2. The van der Waals surface area contributed by atoms with Gasteiger partial charge in [0.2, 0.25) is 0 Å². The molecule has 2 saturated carbocycles. The third-order valence-corrected chi connectivity index (χ3v) is 22.4. The van der Waals surface area contributed by atoms with Crippen LogP contribution in [0.15, 0.2) is 47.1 Å². The summed E-state index contributed by atoms with van der Waals surface area (Å²) in [5.41, 5.74) is 5.90. The second-order valence-corrected chi connectivity index (χ2v) is 28.7. The lowest BCUT2D eigenvalue weighted by molar-refractivity contribution is 0.0969. The maximum Gasteiger partial charge on any atom is 0.192 e. The third-order valence-electron chi connectivity index (χ3n) is 12.1. The van der Waals surface area contributed by atoms with Crippen molar-refractivity contribution in [1.82, 2.24) is 0 Å². The molecule has 0 heterocycles. The van der Waals surface area contributed by atoms with E-state index in [1.165, 1.54) is 30.4 Å². The van der Waals surface area contributed by atoms with Gasteiger partial charge in [-0.15, -0.1) is 0 Å². The molecule has 6 heteroatoms. The minimum atomic E-state index is -1.98. The summed E-state index contributed by atoms with van der Waals surface area (Å²) in [4.78, 5) is 0. The molecule has 0 radical (unpaired) electrons. The molecule has 0 aromatic rings. The Morgan fingerprint density at radius 1 is 1.02 bits per heavy atom. The van der Waals surface area contributed by atoms with Crippen LogP contribution in [0.25, 0.3) is 0 Å². The second kappa shape index (κ2) is 14.0. The summed E-state index contributed by atoms with van der Waals surface area (Å²) in [6.45, 7) is 37.2. The Labute approximate surface area is 279 Å². The van der Waals surface area contributed by atoms with E-state index in [1.54, 1.807) is 11.1 Å². The van der Waals surface area contributed by atoms with Crippen molar-refractivity contribution in [3.05, 3.63) is 47.1 Å². The van der Waals surface area contributed by atoms with E-state index in [-0.39, 0.29) is 33.8 Å². The molecule has 1 N–H and O–H groups in total. The molecule has 3 aliphatic carbocycles. The van der Waals surface area contributed by atoms with Crippen molar-refractivity contribution in [2.45, 2.75) is 168 Å². The van der Waals surface area contributed by atoms with Gasteiger partial charge in [0.05, 0.1) is 18.3 Å². The van der Waals surface area contributed by atoms with Gasteiger partial charge in [0.1, 0.15) is 0 Å². The summed E-state index contributed by atoms with van der Waals surface area (Å²) in [6, 6.07) is 0. The fraction of sp³-hybridized carbons (Fsp3) is 0.789. The molecule has 0 unspecified atom stereocenters. The topological polar surface area (TPSA) is 38.7 Å². The van der Waals surface area contributed by atoms with Crippen molar-refractivity contribution in [1.29, 1.82) is 0 Å². The van der Waals surface area contributed by atoms with Crippen molar-refractivity contribution in [2.75, 3.05) is 5.75 Å². The fourth-order valence-corrected chi connectivity index (χ4v) is 10.9. The van der Waals surface area contributed by atoms with E-state index in [9.17, 15) is 5.11 Å². The summed E-state index contributed by atoms with van der Waals surface area (Å²) < 4.78 is 14.1. The van der Waals surface area contributed by atoms with Gasteiger partial charge >= 0.3 is 0 Å². The Bertz CT molecular complexity index is 1120. The number of hydrogen-bond donors (Lipinski definition) is 1. The third kappa shape index (κ3) is 8.55. The molecule has 44 heavy (non-hydrogen) atoms. The van der Waals surface area contributed by atoms with E-state index in [0.29, 0.717) is 17.1 Å². The summed E-state index contributed by atoms with van der Waals surface area (Å²) >= 11 is 1.93. The number of aliphatic hydroxyl groups excluding tert-OH is 1. The highest BCUT2D eigenvalue weighted by molar-refractivity contribution is 8.00. The van der Waals surface area contributed by atoms with Crippen LogP contribution in [0.2, 0.25) is 36.3 Å². The molecule has 3 rings (SSSR count). The first-order valence-corrected chi connectivity index (χ1v) is 24.3. The van der Waals surface area contributed by atoms with Crippen molar-refractivity contribution >= 4 is 28.4 Å². The standard InChI is InChI=1S/C38H68O3SSi2/c1-26(2)34(39)25-42-28(4)32-20-21-33-29(17-16-22-38(32,33)11)18-19-30-23-31(40-43(12,13)36(5,6)7)24-35(27(30)3)41-44(14,15)37(8,9)10/h18-20,26,28,31,33-35,39H,3,16-17,21-25H2,1-2,4-15H3/t28-,31+,33-,34-,35-,38+/m0/s1. The van der Waals surface area contributed by atoms with Gasteiger partial charge in [-0.25, -0.2) is 0 Å². The minimum Gasteiger partial charge on any atom is -0.413 e. The van der Waals surface area contributed by atoms with Crippen LogP contribution in [0.1, 0.15) is 108 Å². The molecular formula is C38H68O3SSi2. The summed E-state index contributed by atoms with van der Waals surface area (Å²) in [6.07, 6.45) is 14.0. The average Bonchev–Trinajstić information content (AvgIpc) is 3.23. The molecule has 0 aliphatic heterocycles. The van der Waals surface area contributed by atoms with E-state index in [2.05, 4.69) is 120 Å². The summed E-state index contributed by atoms with van der Waals surface area (Å²) in [5.74, 6) is 1.68. The van der Waals surface area contributed by atoms with Crippen molar-refractivity contribution in [3.8, 4) is 0 Å². The van der Waals surface area contributed by atoms with Gasteiger partial charge in [0.15, 0.2) is 16.6 Å². The molecular weight excluding hydrogens is 593 g/mol. The van der Waals surface area contributed by atoms with E-state index in [4.69, 9.17) is 8.85 Å². The van der Waals surface area contributed by atoms with Gasteiger partial charge < -0.3 is 14.0 Å². The number of fused-ring (bicyclic) bond motifs is 1. The molecule has 0 aromatic carbocycles. The van der Waals surface area contributed by atoms with Crippen LogP contribution in [0.5, 0.6) is 0 Å². The first-order valence-electron chi connectivity index (χ1n) is 17.4. The number of aliphatic hydroxyl groups is 1. The first-order chi connectivity index (χ1) is 20.0. The monoisotopic (exact) mass is 660 g/mol. The Kier molecular flexibility index (Phi) is 12.1. The second-order valence-electron chi connectivity index (χ2n) is 17.8. The van der Waals surface area contributed by atoms with Crippen LogP contribution in [-0.2, 0) is 8.85 Å². The Morgan fingerprint density at radius 2 is 1.61 bits per heavy atom. The van der Waals surface area contributed by atoms with Crippen LogP contribution >= 0.6 is 11.8 Å². The molecule has 0 bridgehead atoms. The van der Waals surface area contributed by atoms with Gasteiger partial charge in [0, 0.05) is 17.4 Å². The molecule has 0 saturated heterocycles. The molecule has 0 aromatic heterocycles. The average molecular weight is 661 g/mol. The van der Waals surface area contributed by atoms with E-state index in [1.807, 2.05) is 11.8 Å². The molecule has 0 spiro atoms.